The number of rotatable bonds is 1. The summed E-state index contributed by atoms with van der Waals surface area (Å²) in [7, 11) is 0. The molecule has 0 aromatic heterocycles. The number of hydrogen-bond acceptors (Lipinski definition) is 3. The highest BCUT2D eigenvalue weighted by Gasteiger charge is 2.44. The predicted octanol–water partition coefficient (Wildman–Crippen LogP) is -0.820. The number of aliphatic hydroxyl groups is 1. The van der Waals surface area contributed by atoms with Crippen LogP contribution in [0.25, 0.3) is 0 Å². The van der Waals surface area contributed by atoms with E-state index in [4.69, 9.17) is 10.2 Å². The van der Waals surface area contributed by atoms with Crippen molar-refractivity contribution in [3.8, 4) is 0 Å². The maximum Gasteiger partial charge on any atom is 0.364 e. The average Bonchev–Trinajstić information content (AvgIpc) is 1.60. The van der Waals surface area contributed by atoms with Gasteiger partial charge in [0.25, 0.3) is 5.79 Å². The number of hydrogen-bond donors (Lipinski definition) is 2. The molecule has 2 N–H and O–H groups in total. The van der Waals surface area contributed by atoms with Crippen molar-refractivity contribution >= 4 is 5.97 Å². The van der Waals surface area contributed by atoms with Gasteiger partial charge < -0.3 is 14.9 Å². The van der Waals surface area contributed by atoms with Crippen molar-refractivity contribution in [3.63, 3.8) is 0 Å². The fraction of sp³-hybridized carbons (Fsp3) is 0.750. The van der Waals surface area contributed by atoms with Crippen LogP contribution in [0.5, 0.6) is 0 Å². The normalized spacial score (nSPS) is 36.1. The van der Waals surface area contributed by atoms with Crippen LogP contribution in [0.4, 0.5) is 0 Å². The molecule has 1 rings (SSSR count). The summed E-state index contributed by atoms with van der Waals surface area (Å²) in [6.45, 7) is 0.336. The Morgan fingerprint density at radius 3 is 2.25 bits per heavy atom. The Morgan fingerprint density at radius 1 is 1.75 bits per heavy atom. The Kier molecular flexibility index (Phi) is 0.988. The number of ether oxygens (including phenoxy) is 1. The number of carboxylic acids is 1. The molecule has 0 bridgehead atoms. The lowest BCUT2D eigenvalue weighted by Gasteiger charge is -2.31. The van der Waals surface area contributed by atoms with E-state index in [-0.39, 0.29) is 6.42 Å². The molecule has 8 heavy (non-hydrogen) atoms. The number of carbonyl (C=O) groups is 1. The molecule has 0 spiro atoms. The molecule has 46 valence electrons. The molecule has 4 nitrogen and oxygen atoms in total. The fourth-order valence-electron chi connectivity index (χ4n) is 0.464. The molecule has 1 aliphatic rings. The minimum absolute atomic E-state index is 0.197. The molecule has 0 radical (unpaired) electrons. The predicted molar refractivity (Wildman–Crippen MR) is 23.2 cm³/mol. The molecule has 4 heteroatoms. The van der Waals surface area contributed by atoms with Crippen LogP contribution in [0.1, 0.15) is 6.42 Å². The topological polar surface area (TPSA) is 66.8 Å². The molecule has 1 heterocycles. The maximum atomic E-state index is 9.93. The molecule has 0 aliphatic carbocycles. The Labute approximate surface area is 45.7 Å². The van der Waals surface area contributed by atoms with Crippen molar-refractivity contribution < 1.29 is 19.7 Å². The zero-order valence-electron chi connectivity index (χ0n) is 4.13. The van der Waals surface area contributed by atoms with E-state index < -0.39 is 11.8 Å². The second kappa shape index (κ2) is 1.43. The first-order valence-electron chi connectivity index (χ1n) is 2.25. The highest BCUT2D eigenvalue weighted by molar-refractivity contribution is 5.76. The number of carboxylic acid groups (broad SMARTS) is 1. The van der Waals surface area contributed by atoms with Crippen LogP contribution in [-0.2, 0) is 9.53 Å². The standard InChI is InChI=1S/C4H6O4/c5-3(6)4(7)1-2-8-4/h7H,1-2H2,(H,5,6). The van der Waals surface area contributed by atoms with Crippen LogP contribution < -0.4 is 0 Å². The van der Waals surface area contributed by atoms with E-state index in [2.05, 4.69) is 4.74 Å². The van der Waals surface area contributed by atoms with Gasteiger partial charge in [0.1, 0.15) is 0 Å². The smallest absolute Gasteiger partial charge is 0.364 e. The summed E-state index contributed by atoms with van der Waals surface area (Å²) in [6, 6.07) is 0. The van der Waals surface area contributed by atoms with E-state index in [1.807, 2.05) is 0 Å². The zero-order chi connectivity index (χ0) is 6.20. The third kappa shape index (κ3) is 0.579. The van der Waals surface area contributed by atoms with Gasteiger partial charge in [-0.05, 0) is 0 Å². The number of aliphatic carboxylic acids is 1. The Hall–Kier alpha value is -0.610. The summed E-state index contributed by atoms with van der Waals surface area (Å²) < 4.78 is 4.34. The monoisotopic (exact) mass is 118 g/mol. The third-order valence-corrected chi connectivity index (χ3v) is 1.12. The van der Waals surface area contributed by atoms with Crippen LogP contribution >= 0.6 is 0 Å². The fourth-order valence-corrected chi connectivity index (χ4v) is 0.464. The average molecular weight is 118 g/mol. The van der Waals surface area contributed by atoms with Gasteiger partial charge in [0.15, 0.2) is 0 Å². The first-order chi connectivity index (χ1) is 3.65. The molecule has 1 fully saturated rings. The molecular formula is C4H6O4. The van der Waals surface area contributed by atoms with Gasteiger partial charge in [0, 0.05) is 6.42 Å². The van der Waals surface area contributed by atoms with E-state index in [0.29, 0.717) is 6.61 Å². The molecule has 0 saturated carbocycles. The Balaban J connectivity index is 2.53. The van der Waals surface area contributed by atoms with Crippen molar-refractivity contribution in [1.29, 1.82) is 0 Å². The van der Waals surface area contributed by atoms with Gasteiger partial charge in [-0.2, -0.15) is 0 Å². The Morgan fingerprint density at radius 2 is 2.25 bits per heavy atom. The molecule has 0 amide bonds. The summed E-state index contributed by atoms with van der Waals surface area (Å²) in [4.78, 5) is 9.93. The zero-order valence-corrected chi connectivity index (χ0v) is 4.13. The Bertz CT molecular complexity index is 115. The minimum Gasteiger partial charge on any atom is -0.477 e. The van der Waals surface area contributed by atoms with Gasteiger partial charge >= 0.3 is 5.97 Å². The SMILES string of the molecule is O=C(O)C1(O)CCO1. The van der Waals surface area contributed by atoms with Gasteiger partial charge in [0.2, 0.25) is 0 Å². The molecule has 1 unspecified atom stereocenters. The summed E-state index contributed by atoms with van der Waals surface area (Å²) in [6.07, 6.45) is 0.197. The third-order valence-electron chi connectivity index (χ3n) is 1.12. The van der Waals surface area contributed by atoms with E-state index in [9.17, 15) is 4.79 Å². The van der Waals surface area contributed by atoms with Crippen molar-refractivity contribution in [1.82, 2.24) is 0 Å². The van der Waals surface area contributed by atoms with E-state index >= 15 is 0 Å². The van der Waals surface area contributed by atoms with E-state index in [1.165, 1.54) is 0 Å². The second-order valence-corrected chi connectivity index (χ2v) is 1.69. The summed E-state index contributed by atoms with van der Waals surface area (Å²) in [5.41, 5.74) is 0. The van der Waals surface area contributed by atoms with Gasteiger partial charge in [-0.25, -0.2) is 4.79 Å². The first kappa shape index (κ1) is 5.53. The maximum absolute atomic E-state index is 9.93. The van der Waals surface area contributed by atoms with Crippen LogP contribution in [0.15, 0.2) is 0 Å². The van der Waals surface area contributed by atoms with Gasteiger partial charge in [-0.15, -0.1) is 0 Å². The lowest BCUT2D eigenvalue weighted by Crippen LogP contribution is -2.50. The molecule has 1 aliphatic heterocycles. The first-order valence-corrected chi connectivity index (χ1v) is 2.25. The van der Waals surface area contributed by atoms with Crippen LogP contribution in [-0.4, -0.2) is 28.6 Å². The second-order valence-electron chi connectivity index (χ2n) is 1.69. The molecule has 1 atom stereocenters. The van der Waals surface area contributed by atoms with E-state index in [0.717, 1.165) is 0 Å². The summed E-state index contributed by atoms with van der Waals surface area (Å²) >= 11 is 0. The van der Waals surface area contributed by atoms with Crippen molar-refractivity contribution in [2.75, 3.05) is 6.61 Å². The van der Waals surface area contributed by atoms with Crippen molar-refractivity contribution in [2.24, 2.45) is 0 Å². The molecule has 0 aromatic rings. The molecule has 0 aromatic carbocycles. The molecule has 1 saturated heterocycles. The quantitative estimate of drug-likeness (QED) is 0.472. The lowest BCUT2D eigenvalue weighted by molar-refractivity contribution is -0.277. The van der Waals surface area contributed by atoms with Crippen molar-refractivity contribution in [3.05, 3.63) is 0 Å². The van der Waals surface area contributed by atoms with Gasteiger partial charge in [0.05, 0.1) is 6.61 Å². The van der Waals surface area contributed by atoms with Crippen LogP contribution in [0.3, 0.4) is 0 Å². The highest BCUT2D eigenvalue weighted by atomic mass is 16.7. The van der Waals surface area contributed by atoms with Gasteiger partial charge in [-0.3, -0.25) is 0 Å². The van der Waals surface area contributed by atoms with Gasteiger partial charge in [-0.1, -0.05) is 0 Å². The summed E-state index contributed by atoms with van der Waals surface area (Å²) in [5, 5.41) is 16.8. The minimum atomic E-state index is -1.86. The van der Waals surface area contributed by atoms with E-state index in [1.54, 1.807) is 0 Å². The largest absolute Gasteiger partial charge is 0.477 e. The van der Waals surface area contributed by atoms with Crippen LogP contribution in [0, 0.1) is 0 Å². The summed E-state index contributed by atoms with van der Waals surface area (Å²) in [5.74, 6) is -3.16. The lowest BCUT2D eigenvalue weighted by atomic mass is 10.1. The molecular weight excluding hydrogens is 112 g/mol. The van der Waals surface area contributed by atoms with Crippen molar-refractivity contribution in [2.45, 2.75) is 12.2 Å². The van der Waals surface area contributed by atoms with Crippen LogP contribution in [0.2, 0.25) is 0 Å². The highest BCUT2D eigenvalue weighted by Crippen LogP contribution is 2.22.